The molecule has 1 aromatic rings. The highest BCUT2D eigenvalue weighted by Gasteiger charge is 2.43. The van der Waals surface area contributed by atoms with Gasteiger partial charge in [-0.15, -0.1) is 0 Å². The van der Waals surface area contributed by atoms with Crippen LogP contribution in [0.2, 0.25) is 0 Å². The summed E-state index contributed by atoms with van der Waals surface area (Å²) in [5.74, 6) is 2.36. The average molecular weight is 289 g/mol. The van der Waals surface area contributed by atoms with Gasteiger partial charge in [-0.25, -0.2) is 0 Å². The molecule has 2 aliphatic rings. The third kappa shape index (κ3) is 3.24. The highest BCUT2D eigenvalue weighted by atomic mass is 16.5. The summed E-state index contributed by atoms with van der Waals surface area (Å²) in [6, 6.07) is 8.88. The van der Waals surface area contributed by atoms with E-state index in [1.807, 2.05) is 12.1 Å². The molecule has 3 nitrogen and oxygen atoms in total. The second kappa shape index (κ2) is 6.37. The Labute approximate surface area is 128 Å². The summed E-state index contributed by atoms with van der Waals surface area (Å²) in [7, 11) is 1.70. The number of likely N-dealkylation sites (tertiary alicyclic amines) is 1. The van der Waals surface area contributed by atoms with Crippen molar-refractivity contribution in [3.8, 4) is 5.75 Å². The number of methoxy groups -OCH3 is 1. The number of nitrogens with zero attached hydrogens (tertiary/aromatic N) is 1. The monoisotopic (exact) mass is 289 g/mol. The van der Waals surface area contributed by atoms with Crippen molar-refractivity contribution in [2.75, 3.05) is 20.2 Å². The lowest BCUT2D eigenvalue weighted by atomic mass is 9.94. The first kappa shape index (κ1) is 14.9. The fourth-order valence-electron chi connectivity index (χ4n) is 3.82. The van der Waals surface area contributed by atoms with E-state index in [1.165, 1.54) is 31.5 Å². The maximum absolute atomic E-state index is 6.29. The molecule has 0 radical (unpaired) electrons. The highest BCUT2D eigenvalue weighted by Crippen LogP contribution is 2.39. The topological polar surface area (TPSA) is 21.7 Å². The average Bonchev–Trinajstić information content (AvgIpc) is 2.73. The van der Waals surface area contributed by atoms with Crippen molar-refractivity contribution in [1.82, 2.24) is 4.90 Å². The number of piperidine rings is 1. The summed E-state index contributed by atoms with van der Waals surface area (Å²) in [5.41, 5.74) is 1.24. The zero-order valence-corrected chi connectivity index (χ0v) is 13.4. The van der Waals surface area contributed by atoms with Crippen LogP contribution >= 0.6 is 0 Å². The van der Waals surface area contributed by atoms with E-state index in [0.717, 1.165) is 24.2 Å². The van der Waals surface area contributed by atoms with Crippen LogP contribution in [-0.2, 0) is 11.3 Å². The van der Waals surface area contributed by atoms with Gasteiger partial charge in [0, 0.05) is 19.1 Å². The van der Waals surface area contributed by atoms with Crippen molar-refractivity contribution in [1.29, 1.82) is 0 Å². The molecule has 3 heteroatoms. The quantitative estimate of drug-likeness (QED) is 0.830. The van der Waals surface area contributed by atoms with Crippen LogP contribution in [0, 0.1) is 11.8 Å². The van der Waals surface area contributed by atoms with Crippen LogP contribution in [0.1, 0.15) is 32.3 Å². The van der Waals surface area contributed by atoms with E-state index < -0.39 is 0 Å². The number of hydrogen-bond donors (Lipinski definition) is 0. The lowest BCUT2D eigenvalue weighted by molar-refractivity contribution is -0.0564. The van der Waals surface area contributed by atoms with Gasteiger partial charge in [-0.3, -0.25) is 0 Å². The molecular weight excluding hydrogens is 262 g/mol. The van der Waals surface area contributed by atoms with Gasteiger partial charge in [0.25, 0.3) is 0 Å². The van der Waals surface area contributed by atoms with E-state index in [1.54, 1.807) is 7.11 Å². The van der Waals surface area contributed by atoms with Crippen molar-refractivity contribution in [2.45, 2.75) is 45.4 Å². The third-order valence-corrected chi connectivity index (χ3v) is 5.11. The Hall–Kier alpha value is -1.06. The lowest BCUT2D eigenvalue weighted by Gasteiger charge is -2.40. The predicted octanol–water partition coefficient (Wildman–Crippen LogP) is 3.33. The van der Waals surface area contributed by atoms with Crippen LogP contribution < -0.4 is 4.74 Å². The zero-order valence-electron chi connectivity index (χ0n) is 13.4. The second-order valence-electron chi connectivity index (χ2n) is 6.77. The molecule has 2 bridgehead atoms. The van der Waals surface area contributed by atoms with Crippen LogP contribution in [0.15, 0.2) is 24.3 Å². The summed E-state index contributed by atoms with van der Waals surface area (Å²) in [6.07, 6.45) is 3.13. The first-order chi connectivity index (χ1) is 10.2. The zero-order chi connectivity index (χ0) is 14.8. The van der Waals surface area contributed by atoms with Crippen molar-refractivity contribution >= 4 is 0 Å². The summed E-state index contributed by atoms with van der Waals surface area (Å²) < 4.78 is 11.5. The second-order valence-corrected chi connectivity index (χ2v) is 6.77. The van der Waals surface area contributed by atoms with Crippen molar-refractivity contribution < 1.29 is 9.47 Å². The van der Waals surface area contributed by atoms with Gasteiger partial charge >= 0.3 is 0 Å². The van der Waals surface area contributed by atoms with Crippen LogP contribution in [0.3, 0.4) is 0 Å². The molecule has 1 aliphatic heterocycles. The summed E-state index contributed by atoms with van der Waals surface area (Å²) in [5, 5.41) is 0. The fourth-order valence-corrected chi connectivity index (χ4v) is 3.82. The van der Waals surface area contributed by atoms with E-state index >= 15 is 0 Å². The smallest absolute Gasteiger partial charge is 0.118 e. The molecule has 1 heterocycles. The van der Waals surface area contributed by atoms with Gasteiger partial charge < -0.3 is 14.4 Å². The largest absolute Gasteiger partial charge is 0.497 e. The molecule has 1 saturated carbocycles. The molecule has 0 spiro atoms. The first-order valence-electron chi connectivity index (χ1n) is 8.16. The fraction of sp³-hybridized carbons (Fsp3) is 0.667. The van der Waals surface area contributed by atoms with Gasteiger partial charge in [0.05, 0.1) is 19.8 Å². The molecule has 21 heavy (non-hydrogen) atoms. The van der Waals surface area contributed by atoms with E-state index in [-0.39, 0.29) is 0 Å². The van der Waals surface area contributed by atoms with Gasteiger partial charge in [0.1, 0.15) is 5.75 Å². The minimum atomic E-state index is 0.460. The van der Waals surface area contributed by atoms with Crippen LogP contribution in [0.5, 0.6) is 5.75 Å². The lowest BCUT2D eigenvalue weighted by Crippen LogP contribution is -2.48. The van der Waals surface area contributed by atoms with Crippen molar-refractivity contribution in [3.05, 3.63) is 29.8 Å². The van der Waals surface area contributed by atoms with Crippen LogP contribution in [0.25, 0.3) is 0 Å². The number of ether oxygens (including phenoxy) is 2. The van der Waals surface area contributed by atoms with E-state index in [9.17, 15) is 0 Å². The standard InChI is InChI=1S/C18H27NO2/c1-13(2)19-10-15-6-7-16(11-19)18(15)21-12-14-4-8-17(20-3)9-5-14/h4-5,8-9,13,15-16,18H,6-7,10-12H2,1-3H3/t15-,16+,18?. The molecule has 3 atom stereocenters. The molecule has 1 aliphatic carbocycles. The minimum Gasteiger partial charge on any atom is -0.497 e. The van der Waals surface area contributed by atoms with Gasteiger partial charge in [-0.2, -0.15) is 0 Å². The molecule has 1 unspecified atom stereocenters. The Morgan fingerprint density at radius 2 is 1.71 bits per heavy atom. The first-order valence-corrected chi connectivity index (χ1v) is 8.16. The van der Waals surface area contributed by atoms with Gasteiger partial charge in [0.15, 0.2) is 0 Å². The summed E-state index contributed by atoms with van der Waals surface area (Å²) in [4.78, 5) is 2.62. The Morgan fingerprint density at radius 3 is 2.24 bits per heavy atom. The minimum absolute atomic E-state index is 0.460. The molecule has 3 rings (SSSR count). The van der Waals surface area contributed by atoms with Gasteiger partial charge in [0.2, 0.25) is 0 Å². The Kier molecular flexibility index (Phi) is 4.51. The molecule has 0 amide bonds. The number of rotatable bonds is 5. The van der Waals surface area contributed by atoms with E-state index in [4.69, 9.17) is 9.47 Å². The van der Waals surface area contributed by atoms with Gasteiger partial charge in [-0.1, -0.05) is 12.1 Å². The van der Waals surface area contributed by atoms with E-state index in [2.05, 4.69) is 30.9 Å². The Bertz CT molecular complexity index is 443. The Balaban J connectivity index is 1.56. The highest BCUT2D eigenvalue weighted by molar-refractivity contribution is 5.26. The normalized spacial score (nSPS) is 29.0. The molecule has 2 fully saturated rings. The number of hydrogen-bond acceptors (Lipinski definition) is 3. The molecule has 1 saturated heterocycles. The molecular formula is C18H27NO2. The van der Waals surface area contributed by atoms with Crippen LogP contribution in [-0.4, -0.2) is 37.2 Å². The number of benzene rings is 1. The molecule has 0 N–H and O–H groups in total. The third-order valence-electron chi connectivity index (χ3n) is 5.11. The predicted molar refractivity (Wildman–Crippen MR) is 84.5 cm³/mol. The van der Waals surface area contributed by atoms with Gasteiger partial charge in [-0.05, 0) is 56.2 Å². The summed E-state index contributed by atoms with van der Waals surface area (Å²) in [6.45, 7) is 7.75. The van der Waals surface area contributed by atoms with Crippen LogP contribution in [0.4, 0.5) is 0 Å². The maximum atomic E-state index is 6.29. The molecule has 1 aromatic carbocycles. The Morgan fingerprint density at radius 1 is 1.10 bits per heavy atom. The maximum Gasteiger partial charge on any atom is 0.118 e. The van der Waals surface area contributed by atoms with E-state index in [0.29, 0.717) is 12.1 Å². The van der Waals surface area contributed by atoms with Crippen molar-refractivity contribution in [2.24, 2.45) is 11.8 Å². The SMILES string of the molecule is COc1ccc(COC2[C@@H]3CC[C@H]2CN(C(C)C)C3)cc1. The van der Waals surface area contributed by atoms with Crippen molar-refractivity contribution in [3.63, 3.8) is 0 Å². The summed E-state index contributed by atoms with van der Waals surface area (Å²) >= 11 is 0. The molecule has 116 valence electrons. The molecule has 0 aromatic heterocycles. The number of fused-ring (bicyclic) bond motifs is 2.